The van der Waals surface area contributed by atoms with Gasteiger partial charge in [0.05, 0.1) is 13.2 Å². The van der Waals surface area contributed by atoms with Gasteiger partial charge in [-0.15, -0.1) is 6.58 Å². The Morgan fingerprint density at radius 1 is 1.33 bits per heavy atom. The van der Waals surface area contributed by atoms with Gasteiger partial charge in [0.1, 0.15) is 0 Å². The second kappa shape index (κ2) is 9.11. The molecule has 104 valence electrons. The highest BCUT2D eigenvalue weighted by Gasteiger charge is 2.25. The molecule has 0 aromatic heterocycles. The SMILES string of the molecule is C=CCCOCCNC(=O)C1CCC(CN)CC1. The molecular formula is C14H26N2O2. The Kier molecular flexibility index (Phi) is 7.69. The second-order valence-electron chi connectivity index (χ2n) is 4.93. The highest BCUT2D eigenvalue weighted by Crippen LogP contribution is 2.27. The molecule has 4 heteroatoms. The molecule has 1 amide bonds. The van der Waals surface area contributed by atoms with Crippen LogP contribution in [0.5, 0.6) is 0 Å². The number of carbonyl (C=O) groups is 1. The normalized spacial score (nSPS) is 23.6. The van der Waals surface area contributed by atoms with E-state index in [1.54, 1.807) is 0 Å². The molecule has 0 unspecified atom stereocenters. The van der Waals surface area contributed by atoms with Gasteiger partial charge in [0.25, 0.3) is 0 Å². The maximum atomic E-state index is 11.9. The fourth-order valence-electron chi connectivity index (χ4n) is 2.32. The minimum absolute atomic E-state index is 0.179. The van der Waals surface area contributed by atoms with Crippen LogP contribution in [0, 0.1) is 11.8 Å². The Balaban J connectivity index is 2.05. The highest BCUT2D eigenvalue weighted by atomic mass is 16.5. The summed E-state index contributed by atoms with van der Waals surface area (Å²) in [5.41, 5.74) is 5.64. The van der Waals surface area contributed by atoms with Gasteiger partial charge in [0, 0.05) is 12.5 Å². The second-order valence-corrected chi connectivity index (χ2v) is 4.93. The molecule has 1 aliphatic rings. The van der Waals surface area contributed by atoms with E-state index in [1.807, 2.05) is 6.08 Å². The van der Waals surface area contributed by atoms with Crippen molar-refractivity contribution in [2.24, 2.45) is 17.6 Å². The summed E-state index contributed by atoms with van der Waals surface area (Å²) in [5, 5.41) is 2.94. The van der Waals surface area contributed by atoms with Crippen LogP contribution in [-0.2, 0) is 9.53 Å². The van der Waals surface area contributed by atoms with Crippen molar-refractivity contribution in [3.8, 4) is 0 Å². The van der Waals surface area contributed by atoms with Crippen LogP contribution in [0.4, 0.5) is 0 Å². The van der Waals surface area contributed by atoms with Gasteiger partial charge in [0.15, 0.2) is 0 Å². The van der Waals surface area contributed by atoms with Crippen molar-refractivity contribution in [3.63, 3.8) is 0 Å². The standard InChI is InChI=1S/C14H26N2O2/c1-2-3-9-18-10-8-16-14(17)13-6-4-12(11-15)5-7-13/h2,12-13H,1,3-11,15H2,(H,16,17). The van der Waals surface area contributed by atoms with E-state index >= 15 is 0 Å². The quantitative estimate of drug-likeness (QED) is 0.509. The van der Waals surface area contributed by atoms with E-state index in [0.717, 1.165) is 38.6 Å². The van der Waals surface area contributed by atoms with E-state index in [0.29, 0.717) is 25.7 Å². The average Bonchev–Trinajstić information content (AvgIpc) is 2.42. The van der Waals surface area contributed by atoms with E-state index in [1.165, 1.54) is 0 Å². The van der Waals surface area contributed by atoms with Gasteiger partial charge >= 0.3 is 0 Å². The Bertz CT molecular complexity index is 248. The van der Waals surface area contributed by atoms with Crippen LogP contribution >= 0.6 is 0 Å². The first kappa shape index (κ1) is 15.2. The van der Waals surface area contributed by atoms with Gasteiger partial charge in [-0.2, -0.15) is 0 Å². The van der Waals surface area contributed by atoms with Gasteiger partial charge in [0.2, 0.25) is 5.91 Å². The lowest BCUT2D eigenvalue weighted by Crippen LogP contribution is -2.36. The third-order valence-corrected chi connectivity index (χ3v) is 3.56. The highest BCUT2D eigenvalue weighted by molar-refractivity contribution is 5.78. The number of rotatable bonds is 8. The van der Waals surface area contributed by atoms with E-state index in [4.69, 9.17) is 10.5 Å². The van der Waals surface area contributed by atoms with Crippen LogP contribution in [0.1, 0.15) is 32.1 Å². The average molecular weight is 254 g/mol. The van der Waals surface area contributed by atoms with Crippen LogP contribution in [0.3, 0.4) is 0 Å². The van der Waals surface area contributed by atoms with Crippen LogP contribution in [0.15, 0.2) is 12.7 Å². The largest absolute Gasteiger partial charge is 0.379 e. The first-order valence-electron chi connectivity index (χ1n) is 6.94. The van der Waals surface area contributed by atoms with Crippen LogP contribution in [-0.4, -0.2) is 32.2 Å². The molecule has 3 N–H and O–H groups in total. The molecule has 0 atom stereocenters. The van der Waals surface area contributed by atoms with Gasteiger partial charge in [-0.25, -0.2) is 0 Å². The molecule has 4 nitrogen and oxygen atoms in total. The summed E-state index contributed by atoms with van der Waals surface area (Å²) in [4.78, 5) is 11.9. The smallest absolute Gasteiger partial charge is 0.223 e. The van der Waals surface area contributed by atoms with Gasteiger partial charge in [-0.3, -0.25) is 4.79 Å². The third kappa shape index (κ3) is 5.65. The maximum Gasteiger partial charge on any atom is 0.223 e. The van der Waals surface area contributed by atoms with Crippen LogP contribution in [0.2, 0.25) is 0 Å². The van der Waals surface area contributed by atoms with E-state index < -0.39 is 0 Å². The van der Waals surface area contributed by atoms with Gasteiger partial charge in [-0.05, 0) is 44.6 Å². The lowest BCUT2D eigenvalue weighted by atomic mass is 9.81. The predicted molar refractivity (Wildman–Crippen MR) is 73.1 cm³/mol. The molecule has 0 aromatic rings. The number of nitrogens with one attached hydrogen (secondary N) is 1. The van der Waals surface area contributed by atoms with Crippen molar-refractivity contribution in [1.29, 1.82) is 0 Å². The van der Waals surface area contributed by atoms with Crippen molar-refractivity contribution in [2.75, 3.05) is 26.3 Å². The van der Waals surface area contributed by atoms with Gasteiger partial charge in [-0.1, -0.05) is 6.08 Å². The Labute approximate surface area is 110 Å². The Morgan fingerprint density at radius 3 is 2.67 bits per heavy atom. The fourth-order valence-corrected chi connectivity index (χ4v) is 2.32. The molecule has 18 heavy (non-hydrogen) atoms. The third-order valence-electron chi connectivity index (χ3n) is 3.56. The van der Waals surface area contributed by atoms with E-state index in [2.05, 4.69) is 11.9 Å². The maximum absolute atomic E-state index is 11.9. The van der Waals surface area contributed by atoms with Crippen molar-refractivity contribution in [1.82, 2.24) is 5.32 Å². The van der Waals surface area contributed by atoms with Crippen molar-refractivity contribution in [3.05, 3.63) is 12.7 Å². The first-order chi connectivity index (χ1) is 8.77. The molecule has 0 spiro atoms. The van der Waals surface area contributed by atoms with Crippen molar-refractivity contribution in [2.45, 2.75) is 32.1 Å². The summed E-state index contributed by atoms with van der Waals surface area (Å²) >= 11 is 0. The molecule has 0 aromatic carbocycles. The number of nitrogens with two attached hydrogens (primary N) is 1. The molecule has 0 bridgehead atoms. The lowest BCUT2D eigenvalue weighted by Gasteiger charge is -2.26. The molecule has 0 heterocycles. The summed E-state index contributed by atoms with van der Waals surface area (Å²) in [6.45, 7) is 6.24. The van der Waals surface area contributed by atoms with Gasteiger partial charge < -0.3 is 15.8 Å². The summed E-state index contributed by atoms with van der Waals surface area (Å²) in [6, 6.07) is 0. The molecule has 0 radical (unpaired) electrons. The molecule has 1 rings (SSSR count). The number of hydrogen-bond acceptors (Lipinski definition) is 3. The summed E-state index contributed by atoms with van der Waals surface area (Å²) in [6.07, 6.45) is 6.82. The number of hydrogen-bond donors (Lipinski definition) is 2. The molecule has 0 aliphatic heterocycles. The molecule has 1 fully saturated rings. The first-order valence-corrected chi connectivity index (χ1v) is 6.94. The minimum Gasteiger partial charge on any atom is -0.379 e. The van der Waals surface area contributed by atoms with Crippen LogP contribution < -0.4 is 11.1 Å². The fraction of sp³-hybridized carbons (Fsp3) is 0.786. The Hall–Kier alpha value is -0.870. The molecular weight excluding hydrogens is 228 g/mol. The summed E-state index contributed by atoms with van der Waals surface area (Å²) in [5.74, 6) is 0.982. The zero-order valence-electron chi connectivity index (χ0n) is 11.2. The monoisotopic (exact) mass is 254 g/mol. The Morgan fingerprint density at radius 2 is 2.06 bits per heavy atom. The summed E-state index contributed by atoms with van der Waals surface area (Å²) in [7, 11) is 0. The molecule has 1 saturated carbocycles. The van der Waals surface area contributed by atoms with Crippen LogP contribution in [0.25, 0.3) is 0 Å². The topological polar surface area (TPSA) is 64.3 Å². The number of amides is 1. The van der Waals surface area contributed by atoms with E-state index in [9.17, 15) is 4.79 Å². The number of carbonyl (C=O) groups excluding carboxylic acids is 1. The zero-order valence-corrected chi connectivity index (χ0v) is 11.2. The molecule has 1 aliphatic carbocycles. The lowest BCUT2D eigenvalue weighted by molar-refractivity contribution is -0.126. The molecule has 0 saturated heterocycles. The van der Waals surface area contributed by atoms with Crippen molar-refractivity contribution < 1.29 is 9.53 Å². The zero-order chi connectivity index (χ0) is 13.2. The van der Waals surface area contributed by atoms with Crippen molar-refractivity contribution >= 4 is 5.91 Å². The predicted octanol–water partition coefficient (Wildman–Crippen LogP) is 1.46. The van der Waals surface area contributed by atoms with E-state index in [-0.39, 0.29) is 11.8 Å². The summed E-state index contributed by atoms with van der Waals surface area (Å²) < 4.78 is 5.34. The minimum atomic E-state index is 0.179. The number of ether oxygens (including phenoxy) is 1.